The molecule has 3 aromatic carbocycles. The second kappa shape index (κ2) is 11.1. The molecule has 5 aromatic rings. The van der Waals surface area contributed by atoms with E-state index in [4.69, 9.17) is 4.74 Å². The molecule has 37 heavy (non-hydrogen) atoms. The number of carbonyl (C=O) groups excluding carboxylic acids is 1. The van der Waals surface area contributed by atoms with Gasteiger partial charge in [0, 0.05) is 35.0 Å². The standard InChI is InChI=1S/C30H26N4O2S/c1-34(20-21-8-7-10-23(18-21)36-2)30(35)26-11-3-4-12-29(26)37-24-14-15-25-27(32-33-28(25)19-24)16-13-22-9-5-6-17-31-22/h3-19H,20H2,1-2H3,(H,32,33)/b16-13+. The first kappa shape index (κ1) is 24.3. The van der Waals surface area contributed by atoms with Crippen LogP contribution in [0.5, 0.6) is 5.75 Å². The Bertz CT molecular complexity index is 1560. The summed E-state index contributed by atoms with van der Waals surface area (Å²) in [5.74, 6) is 0.745. The zero-order valence-electron chi connectivity index (χ0n) is 20.6. The van der Waals surface area contributed by atoms with Gasteiger partial charge in [0.15, 0.2) is 0 Å². The molecular weight excluding hydrogens is 480 g/mol. The molecule has 0 aliphatic rings. The van der Waals surface area contributed by atoms with E-state index < -0.39 is 0 Å². The molecule has 2 aromatic heterocycles. The van der Waals surface area contributed by atoms with Crippen molar-refractivity contribution < 1.29 is 9.53 Å². The molecule has 0 bridgehead atoms. The van der Waals surface area contributed by atoms with E-state index in [1.54, 1.807) is 30.0 Å². The summed E-state index contributed by atoms with van der Waals surface area (Å²) in [6.45, 7) is 0.490. The van der Waals surface area contributed by atoms with Crippen molar-refractivity contribution in [2.75, 3.05) is 14.2 Å². The zero-order valence-corrected chi connectivity index (χ0v) is 21.4. The number of pyridine rings is 1. The topological polar surface area (TPSA) is 71.1 Å². The number of amides is 1. The maximum atomic E-state index is 13.4. The van der Waals surface area contributed by atoms with Crippen molar-refractivity contribution in [1.29, 1.82) is 0 Å². The fourth-order valence-corrected chi connectivity index (χ4v) is 5.01. The Labute approximate surface area is 220 Å². The number of rotatable bonds is 8. The maximum Gasteiger partial charge on any atom is 0.255 e. The Morgan fingerprint density at radius 2 is 1.86 bits per heavy atom. The molecule has 6 nitrogen and oxygen atoms in total. The van der Waals surface area contributed by atoms with Gasteiger partial charge in [-0.15, -0.1) is 0 Å². The lowest BCUT2D eigenvalue weighted by Crippen LogP contribution is -2.26. The van der Waals surface area contributed by atoms with E-state index in [1.807, 2.05) is 85.9 Å². The van der Waals surface area contributed by atoms with Crippen molar-refractivity contribution in [3.8, 4) is 5.75 Å². The molecule has 184 valence electrons. The first-order chi connectivity index (χ1) is 18.1. The van der Waals surface area contributed by atoms with Gasteiger partial charge in [0.1, 0.15) is 5.75 Å². The van der Waals surface area contributed by atoms with Crippen LogP contribution in [0.1, 0.15) is 27.3 Å². The molecule has 0 spiro atoms. The van der Waals surface area contributed by atoms with Crippen LogP contribution in [0.15, 0.2) is 101 Å². The van der Waals surface area contributed by atoms with Crippen LogP contribution in [0.3, 0.4) is 0 Å². The Morgan fingerprint density at radius 3 is 2.70 bits per heavy atom. The number of hydrogen-bond acceptors (Lipinski definition) is 5. The number of methoxy groups -OCH3 is 1. The fourth-order valence-electron chi connectivity index (χ4n) is 4.03. The third kappa shape index (κ3) is 5.73. The molecule has 0 unspecified atom stereocenters. The van der Waals surface area contributed by atoms with E-state index >= 15 is 0 Å². The highest BCUT2D eigenvalue weighted by atomic mass is 32.2. The van der Waals surface area contributed by atoms with Gasteiger partial charge in [-0.25, -0.2) is 0 Å². The van der Waals surface area contributed by atoms with Gasteiger partial charge in [-0.05, 0) is 72.3 Å². The number of aromatic nitrogens is 3. The molecule has 0 saturated heterocycles. The number of nitrogens with one attached hydrogen (secondary N) is 1. The van der Waals surface area contributed by atoms with Crippen molar-refractivity contribution >= 4 is 40.7 Å². The second-order valence-corrected chi connectivity index (χ2v) is 9.63. The van der Waals surface area contributed by atoms with Gasteiger partial charge in [0.2, 0.25) is 0 Å². The maximum absolute atomic E-state index is 13.4. The van der Waals surface area contributed by atoms with Gasteiger partial charge < -0.3 is 9.64 Å². The lowest BCUT2D eigenvalue weighted by molar-refractivity contribution is 0.0781. The second-order valence-electron chi connectivity index (χ2n) is 8.52. The monoisotopic (exact) mass is 506 g/mol. The average Bonchev–Trinajstić information content (AvgIpc) is 3.34. The summed E-state index contributed by atoms with van der Waals surface area (Å²) in [7, 11) is 3.46. The number of hydrogen-bond donors (Lipinski definition) is 1. The predicted molar refractivity (Wildman–Crippen MR) is 149 cm³/mol. The summed E-state index contributed by atoms with van der Waals surface area (Å²) in [6.07, 6.45) is 5.67. The van der Waals surface area contributed by atoms with E-state index in [0.717, 1.165) is 43.4 Å². The summed E-state index contributed by atoms with van der Waals surface area (Å²) in [5, 5.41) is 8.61. The Hall–Kier alpha value is -4.36. The number of nitrogens with zero attached hydrogens (tertiary/aromatic N) is 3. The van der Waals surface area contributed by atoms with E-state index in [0.29, 0.717) is 12.1 Å². The van der Waals surface area contributed by atoms with E-state index in [9.17, 15) is 4.79 Å². The Balaban J connectivity index is 1.33. The highest BCUT2D eigenvalue weighted by Gasteiger charge is 2.17. The summed E-state index contributed by atoms with van der Waals surface area (Å²) in [4.78, 5) is 21.3. The molecule has 1 N–H and O–H groups in total. The highest BCUT2D eigenvalue weighted by molar-refractivity contribution is 7.99. The number of aromatic amines is 1. The quantitative estimate of drug-likeness (QED) is 0.258. The molecule has 0 radical (unpaired) electrons. The van der Waals surface area contributed by atoms with Crippen LogP contribution in [0.4, 0.5) is 0 Å². The van der Waals surface area contributed by atoms with Gasteiger partial charge >= 0.3 is 0 Å². The van der Waals surface area contributed by atoms with Crippen LogP contribution < -0.4 is 4.74 Å². The summed E-state index contributed by atoms with van der Waals surface area (Å²) in [6, 6.07) is 27.5. The van der Waals surface area contributed by atoms with Gasteiger partial charge in [0.05, 0.1) is 29.6 Å². The number of carbonyl (C=O) groups is 1. The number of benzene rings is 3. The van der Waals surface area contributed by atoms with Crippen molar-refractivity contribution in [2.45, 2.75) is 16.3 Å². The highest BCUT2D eigenvalue weighted by Crippen LogP contribution is 2.33. The first-order valence-electron chi connectivity index (χ1n) is 11.8. The van der Waals surface area contributed by atoms with Crippen LogP contribution in [0.25, 0.3) is 23.1 Å². The molecule has 0 saturated carbocycles. The van der Waals surface area contributed by atoms with Gasteiger partial charge in [-0.1, -0.05) is 42.1 Å². The van der Waals surface area contributed by atoms with Gasteiger partial charge in [0.25, 0.3) is 5.91 Å². The van der Waals surface area contributed by atoms with E-state index in [1.165, 1.54) is 0 Å². The number of ether oxygens (including phenoxy) is 1. The van der Waals surface area contributed by atoms with Crippen molar-refractivity contribution in [1.82, 2.24) is 20.1 Å². The minimum Gasteiger partial charge on any atom is -0.497 e. The largest absolute Gasteiger partial charge is 0.497 e. The van der Waals surface area contributed by atoms with Crippen molar-refractivity contribution in [3.63, 3.8) is 0 Å². The lowest BCUT2D eigenvalue weighted by atomic mass is 10.1. The molecular formula is C30H26N4O2S. The summed E-state index contributed by atoms with van der Waals surface area (Å²) < 4.78 is 5.31. The van der Waals surface area contributed by atoms with E-state index in [2.05, 4.69) is 33.4 Å². The minimum absolute atomic E-state index is 0.0320. The summed E-state index contributed by atoms with van der Waals surface area (Å²) in [5.41, 5.74) is 4.35. The molecule has 0 aliphatic carbocycles. The van der Waals surface area contributed by atoms with Crippen LogP contribution in [-0.2, 0) is 6.54 Å². The first-order valence-corrected chi connectivity index (χ1v) is 12.6. The predicted octanol–water partition coefficient (Wildman–Crippen LogP) is 6.56. The number of fused-ring (bicyclic) bond motifs is 1. The SMILES string of the molecule is COc1cccc(CN(C)C(=O)c2ccccc2Sc2ccc3c(/C=C/c4ccccn4)n[nH]c3c2)c1. The molecule has 7 heteroatoms. The van der Waals surface area contributed by atoms with Crippen molar-refractivity contribution in [2.24, 2.45) is 0 Å². The third-order valence-electron chi connectivity index (χ3n) is 5.91. The molecule has 0 atom stereocenters. The molecule has 0 fully saturated rings. The normalized spacial score (nSPS) is 11.2. The fraction of sp³-hybridized carbons (Fsp3) is 0.100. The van der Waals surface area contributed by atoms with Crippen LogP contribution >= 0.6 is 11.8 Å². The van der Waals surface area contributed by atoms with Crippen LogP contribution in [-0.4, -0.2) is 40.1 Å². The van der Waals surface area contributed by atoms with Crippen molar-refractivity contribution in [3.05, 3.63) is 114 Å². The third-order valence-corrected chi connectivity index (χ3v) is 6.97. The summed E-state index contributed by atoms with van der Waals surface area (Å²) >= 11 is 1.56. The van der Waals surface area contributed by atoms with Crippen LogP contribution in [0, 0.1) is 0 Å². The smallest absolute Gasteiger partial charge is 0.255 e. The van der Waals surface area contributed by atoms with E-state index in [-0.39, 0.29) is 5.91 Å². The zero-order chi connectivity index (χ0) is 25.6. The van der Waals surface area contributed by atoms with Gasteiger partial charge in [-0.3, -0.25) is 14.9 Å². The Kier molecular flexibility index (Phi) is 7.33. The molecule has 2 heterocycles. The van der Waals surface area contributed by atoms with Crippen LogP contribution in [0.2, 0.25) is 0 Å². The number of H-pyrrole nitrogens is 1. The minimum atomic E-state index is -0.0320. The molecule has 0 aliphatic heterocycles. The Morgan fingerprint density at radius 1 is 1.00 bits per heavy atom. The van der Waals surface area contributed by atoms with Gasteiger partial charge in [-0.2, -0.15) is 5.10 Å². The average molecular weight is 507 g/mol. The molecule has 5 rings (SSSR count). The molecule has 1 amide bonds. The lowest BCUT2D eigenvalue weighted by Gasteiger charge is -2.19.